The van der Waals surface area contributed by atoms with Crippen molar-refractivity contribution in [3.63, 3.8) is 0 Å². The fraction of sp³-hybridized carbons (Fsp3) is 0.192. The van der Waals surface area contributed by atoms with Gasteiger partial charge in [0.2, 0.25) is 12.1 Å². The molecule has 0 radical (unpaired) electrons. The van der Waals surface area contributed by atoms with Crippen LogP contribution in [0.5, 0.6) is 0 Å². The van der Waals surface area contributed by atoms with Crippen LogP contribution >= 0.6 is 0 Å². The lowest BCUT2D eigenvalue weighted by molar-refractivity contribution is -0.116. The number of nitrogens with one attached hydrogen (secondary N) is 2. The van der Waals surface area contributed by atoms with Gasteiger partial charge in [0.25, 0.3) is 11.8 Å². The zero-order valence-electron chi connectivity index (χ0n) is 19.6. The smallest absolute Gasteiger partial charge is 0.317 e. The first-order valence-corrected chi connectivity index (χ1v) is 11.8. The lowest BCUT2D eigenvalue weighted by Gasteiger charge is -2.27. The number of hydrogen-bond acceptors (Lipinski definition) is 9. The van der Waals surface area contributed by atoms with Gasteiger partial charge in [-0.25, -0.2) is 9.98 Å². The number of carbonyl (C=O) groups is 1. The number of aromatic nitrogens is 3. The monoisotopic (exact) mass is 499 g/mol. The molecular formula is C26H22FN7O3. The van der Waals surface area contributed by atoms with Crippen LogP contribution < -0.4 is 15.5 Å². The zero-order chi connectivity index (χ0) is 25.2. The molecule has 1 amide bonds. The summed E-state index contributed by atoms with van der Waals surface area (Å²) in [5.41, 5.74) is 2.95. The van der Waals surface area contributed by atoms with Crippen molar-refractivity contribution in [2.24, 2.45) is 4.99 Å². The summed E-state index contributed by atoms with van der Waals surface area (Å²) in [6, 6.07) is 20.2. The highest BCUT2D eigenvalue weighted by Crippen LogP contribution is 2.27. The first-order chi connectivity index (χ1) is 18.2. The highest BCUT2D eigenvalue weighted by Gasteiger charge is 2.27. The van der Waals surface area contributed by atoms with Gasteiger partial charge in [-0.05, 0) is 18.2 Å². The molecule has 2 aliphatic rings. The number of benzodiazepines with no additional fused rings is 1. The van der Waals surface area contributed by atoms with Crippen LogP contribution in [0.4, 0.5) is 21.9 Å². The van der Waals surface area contributed by atoms with E-state index in [9.17, 15) is 9.18 Å². The fourth-order valence-electron chi connectivity index (χ4n) is 4.24. The Labute approximate surface area is 211 Å². The molecule has 1 saturated heterocycles. The minimum atomic E-state index is -1.07. The van der Waals surface area contributed by atoms with Gasteiger partial charge in [0.05, 0.1) is 30.2 Å². The summed E-state index contributed by atoms with van der Waals surface area (Å²) in [5.74, 6) is -0.683. The first kappa shape index (κ1) is 22.8. The Kier molecular flexibility index (Phi) is 6.03. The number of rotatable bonds is 5. The summed E-state index contributed by atoms with van der Waals surface area (Å²) in [6.45, 7) is 2.41. The van der Waals surface area contributed by atoms with Gasteiger partial charge in [-0.2, -0.15) is 4.39 Å². The topological polar surface area (TPSA) is 118 Å². The van der Waals surface area contributed by atoms with E-state index >= 15 is 0 Å². The van der Waals surface area contributed by atoms with Crippen molar-refractivity contribution < 1.29 is 18.3 Å². The Balaban J connectivity index is 1.27. The predicted molar refractivity (Wildman–Crippen MR) is 135 cm³/mol. The molecule has 10 nitrogen and oxygen atoms in total. The molecule has 0 spiro atoms. The molecule has 2 aliphatic heterocycles. The van der Waals surface area contributed by atoms with Crippen LogP contribution in [0.1, 0.15) is 11.1 Å². The van der Waals surface area contributed by atoms with Crippen LogP contribution in [-0.2, 0) is 9.53 Å². The number of para-hydroxylation sites is 1. The van der Waals surface area contributed by atoms with E-state index in [1.807, 2.05) is 59.5 Å². The third kappa shape index (κ3) is 4.64. The lowest BCUT2D eigenvalue weighted by atomic mass is 10.0. The highest BCUT2D eigenvalue weighted by atomic mass is 19.1. The fourth-order valence-corrected chi connectivity index (χ4v) is 4.24. The third-order valence-electron chi connectivity index (χ3n) is 6.08. The Morgan fingerprint density at radius 2 is 1.73 bits per heavy atom. The summed E-state index contributed by atoms with van der Waals surface area (Å²) in [5, 5.41) is 13.7. The van der Waals surface area contributed by atoms with Gasteiger partial charge >= 0.3 is 6.01 Å². The number of pyridine rings is 1. The molecule has 2 aromatic heterocycles. The highest BCUT2D eigenvalue weighted by molar-refractivity contribution is 6.19. The van der Waals surface area contributed by atoms with Crippen molar-refractivity contribution in [3.05, 3.63) is 83.8 Å². The van der Waals surface area contributed by atoms with Gasteiger partial charge in [-0.15, -0.1) is 5.10 Å². The number of morpholine rings is 1. The molecule has 1 fully saturated rings. The van der Waals surface area contributed by atoms with E-state index in [0.717, 1.165) is 11.1 Å². The van der Waals surface area contributed by atoms with Gasteiger partial charge < -0.3 is 24.7 Å². The predicted octanol–water partition coefficient (Wildman–Crippen LogP) is 3.34. The van der Waals surface area contributed by atoms with Crippen molar-refractivity contribution in [2.45, 2.75) is 6.17 Å². The molecule has 2 N–H and O–H groups in total. The average Bonchev–Trinajstić information content (AvgIpc) is 3.35. The number of ether oxygens (including phenoxy) is 1. The van der Waals surface area contributed by atoms with Crippen LogP contribution in [0, 0.1) is 5.95 Å². The standard InChI is InChI=1S/C26H22FN7O3/c27-22-18(10-11-20(29-22)34-12-14-36-15-13-34)25-32-33-26(37-25)31-23-24(35)28-19-9-5-4-8-17(19)21(30-23)16-6-2-1-3-7-16/h1-11,23H,12-15H2,(H,28,35)(H,31,33)/t23-/m1/s1. The van der Waals surface area contributed by atoms with Gasteiger partial charge in [-0.1, -0.05) is 53.6 Å². The maximum absolute atomic E-state index is 14.9. The summed E-state index contributed by atoms with van der Waals surface area (Å²) in [6.07, 6.45) is -1.07. The SMILES string of the molecule is O=C1Nc2ccccc2C(c2ccccc2)=N[C@@H]1Nc1nnc(-c2ccc(N3CCOCC3)nc2F)o1. The minimum Gasteiger partial charge on any atom is -0.403 e. The number of aliphatic imine (C=N–C) groups is 1. The third-order valence-corrected chi connectivity index (χ3v) is 6.08. The summed E-state index contributed by atoms with van der Waals surface area (Å²) >= 11 is 0. The molecule has 4 aromatic rings. The van der Waals surface area contributed by atoms with Gasteiger partial charge in [-0.3, -0.25) is 4.79 Å². The average molecular weight is 500 g/mol. The number of anilines is 3. The molecule has 0 unspecified atom stereocenters. The lowest BCUT2D eigenvalue weighted by Crippen LogP contribution is -2.36. The zero-order valence-corrected chi connectivity index (χ0v) is 19.6. The van der Waals surface area contributed by atoms with Crippen molar-refractivity contribution in [1.29, 1.82) is 0 Å². The van der Waals surface area contributed by atoms with Gasteiger partial charge in [0.15, 0.2) is 0 Å². The number of hydrogen-bond donors (Lipinski definition) is 2. The Bertz CT molecular complexity index is 1470. The van der Waals surface area contributed by atoms with E-state index < -0.39 is 18.0 Å². The van der Waals surface area contributed by atoms with Crippen LogP contribution in [0.15, 0.2) is 76.1 Å². The van der Waals surface area contributed by atoms with Crippen LogP contribution in [0.2, 0.25) is 0 Å². The van der Waals surface area contributed by atoms with Crippen molar-refractivity contribution in [2.75, 3.05) is 41.8 Å². The molecule has 6 rings (SSSR count). The quantitative estimate of drug-likeness (QED) is 0.402. The Morgan fingerprint density at radius 3 is 2.54 bits per heavy atom. The number of fused-ring (bicyclic) bond motifs is 1. The van der Waals surface area contributed by atoms with Crippen LogP contribution in [-0.4, -0.2) is 59.3 Å². The second-order valence-corrected chi connectivity index (χ2v) is 8.45. The molecule has 11 heteroatoms. The van der Waals surface area contributed by atoms with E-state index in [0.29, 0.717) is 43.5 Å². The van der Waals surface area contributed by atoms with E-state index in [4.69, 9.17) is 9.15 Å². The minimum absolute atomic E-state index is 0.0590. The summed E-state index contributed by atoms with van der Waals surface area (Å²) < 4.78 is 25.8. The van der Waals surface area contributed by atoms with Crippen LogP contribution in [0.3, 0.4) is 0 Å². The normalized spacial score (nSPS) is 17.4. The van der Waals surface area contributed by atoms with E-state index in [1.165, 1.54) is 0 Å². The van der Waals surface area contributed by atoms with E-state index in [2.05, 4.69) is 30.8 Å². The molecule has 1 atom stereocenters. The molecule has 2 aromatic carbocycles. The number of carbonyl (C=O) groups excluding carboxylic acids is 1. The number of benzene rings is 2. The maximum Gasteiger partial charge on any atom is 0.317 e. The van der Waals surface area contributed by atoms with Crippen LogP contribution in [0.25, 0.3) is 11.5 Å². The summed E-state index contributed by atoms with van der Waals surface area (Å²) in [4.78, 5) is 23.7. The molecule has 0 bridgehead atoms. The summed E-state index contributed by atoms with van der Waals surface area (Å²) in [7, 11) is 0. The second-order valence-electron chi connectivity index (χ2n) is 8.45. The van der Waals surface area contributed by atoms with E-state index in [-0.39, 0.29) is 17.5 Å². The number of nitrogens with zero attached hydrogens (tertiary/aromatic N) is 5. The maximum atomic E-state index is 14.9. The van der Waals surface area contributed by atoms with Crippen molar-refractivity contribution >= 4 is 29.1 Å². The Hall–Kier alpha value is -4.64. The molecular weight excluding hydrogens is 477 g/mol. The van der Waals surface area contributed by atoms with Crippen molar-refractivity contribution in [1.82, 2.24) is 15.2 Å². The van der Waals surface area contributed by atoms with Gasteiger partial charge in [0, 0.05) is 24.2 Å². The number of halogens is 1. The largest absolute Gasteiger partial charge is 0.403 e. The van der Waals surface area contributed by atoms with Crippen molar-refractivity contribution in [3.8, 4) is 11.5 Å². The van der Waals surface area contributed by atoms with E-state index in [1.54, 1.807) is 12.1 Å². The molecule has 0 aliphatic carbocycles. The molecule has 186 valence electrons. The van der Waals surface area contributed by atoms with Gasteiger partial charge in [0.1, 0.15) is 5.82 Å². The Morgan fingerprint density at radius 1 is 0.946 bits per heavy atom. The first-order valence-electron chi connectivity index (χ1n) is 11.8. The molecule has 0 saturated carbocycles. The molecule has 4 heterocycles. The second kappa shape index (κ2) is 9.78. The molecule has 37 heavy (non-hydrogen) atoms. The number of amides is 1.